The number of hydrogen-bond acceptors (Lipinski definition) is 4. The van der Waals surface area contributed by atoms with Crippen LogP contribution in [0.5, 0.6) is 5.75 Å². The monoisotopic (exact) mass is 293 g/mol. The number of aromatic hydroxyl groups is 1. The van der Waals surface area contributed by atoms with Crippen LogP contribution < -0.4 is 5.32 Å². The predicted molar refractivity (Wildman–Crippen MR) is 65.8 cm³/mol. The van der Waals surface area contributed by atoms with Gasteiger partial charge in [0.05, 0.1) is 16.2 Å². The van der Waals surface area contributed by atoms with E-state index < -0.39 is 0 Å². The van der Waals surface area contributed by atoms with E-state index in [9.17, 15) is 9.90 Å². The van der Waals surface area contributed by atoms with E-state index in [1.807, 2.05) is 0 Å². The van der Waals surface area contributed by atoms with Gasteiger partial charge in [-0.2, -0.15) is 0 Å². The molecule has 0 aliphatic heterocycles. The maximum absolute atomic E-state index is 11.8. The highest BCUT2D eigenvalue weighted by Gasteiger charge is 2.09. The number of halogens is 1. The highest BCUT2D eigenvalue weighted by molar-refractivity contribution is 9.10. The Balaban J connectivity index is 2.20. The zero-order valence-corrected chi connectivity index (χ0v) is 10.2. The molecule has 0 atom stereocenters. The number of carbonyl (C=O) groups excluding carboxylic acids is 1. The van der Waals surface area contributed by atoms with Crippen LogP contribution in [0.1, 0.15) is 10.4 Å². The number of pyridine rings is 2. The third kappa shape index (κ3) is 2.79. The molecule has 2 aromatic heterocycles. The molecule has 17 heavy (non-hydrogen) atoms. The van der Waals surface area contributed by atoms with Gasteiger partial charge in [-0.3, -0.25) is 9.78 Å². The molecule has 2 rings (SSSR count). The first-order valence-electron chi connectivity index (χ1n) is 4.72. The Morgan fingerprint density at radius 2 is 2.24 bits per heavy atom. The minimum absolute atomic E-state index is 0.0577. The predicted octanol–water partition coefficient (Wildman–Crippen LogP) is 2.20. The molecule has 0 unspecified atom stereocenters. The Morgan fingerprint density at radius 3 is 2.94 bits per heavy atom. The summed E-state index contributed by atoms with van der Waals surface area (Å²) in [7, 11) is 0. The summed E-state index contributed by atoms with van der Waals surface area (Å²) in [4.78, 5) is 19.5. The molecule has 2 N–H and O–H groups in total. The Hall–Kier alpha value is -1.95. The first kappa shape index (κ1) is 11.5. The Bertz CT molecular complexity index is 560. The number of carbonyl (C=O) groups is 1. The van der Waals surface area contributed by atoms with Crippen molar-refractivity contribution >= 4 is 27.7 Å². The lowest BCUT2D eigenvalue weighted by molar-refractivity contribution is 0.102. The second-order valence-electron chi connectivity index (χ2n) is 3.22. The fourth-order valence-corrected chi connectivity index (χ4v) is 1.56. The summed E-state index contributed by atoms with van der Waals surface area (Å²) in [5.41, 5.74) is 0.266. The second-order valence-corrected chi connectivity index (χ2v) is 4.07. The standard InChI is InChI=1S/C11H8BrN3O2/c12-9-2-1-3-14-10(9)15-11(17)7-4-8(16)6-13-5-7/h1-6,16H,(H,14,15,17). The van der Waals surface area contributed by atoms with E-state index in [4.69, 9.17) is 0 Å². The quantitative estimate of drug-likeness (QED) is 0.890. The summed E-state index contributed by atoms with van der Waals surface area (Å²) < 4.78 is 0.682. The molecule has 0 fully saturated rings. The summed E-state index contributed by atoms with van der Waals surface area (Å²) >= 11 is 3.27. The van der Waals surface area contributed by atoms with Crippen LogP contribution in [0, 0.1) is 0 Å². The number of nitrogens with zero attached hydrogens (tertiary/aromatic N) is 2. The minimum atomic E-state index is -0.382. The van der Waals surface area contributed by atoms with Crippen molar-refractivity contribution in [2.75, 3.05) is 5.32 Å². The molecular formula is C11H8BrN3O2. The SMILES string of the molecule is O=C(Nc1ncccc1Br)c1cncc(O)c1. The summed E-state index contributed by atoms with van der Waals surface area (Å²) in [6.07, 6.45) is 4.19. The van der Waals surface area contributed by atoms with Crippen LogP contribution in [-0.4, -0.2) is 21.0 Å². The molecular weight excluding hydrogens is 286 g/mol. The van der Waals surface area contributed by atoms with Crippen LogP contribution >= 0.6 is 15.9 Å². The van der Waals surface area contributed by atoms with Gasteiger partial charge in [0.15, 0.2) is 0 Å². The summed E-state index contributed by atoms with van der Waals surface area (Å²) in [6, 6.07) is 4.85. The Kier molecular flexibility index (Phi) is 3.34. The van der Waals surface area contributed by atoms with Gasteiger partial charge in [0.2, 0.25) is 0 Å². The molecule has 5 nitrogen and oxygen atoms in total. The van der Waals surface area contributed by atoms with E-state index in [1.54, 1.807) is 18.3 Å². The Labute approximate surface area is 106 Å². The minimum Gasteiger partial charge on any atom is -0.506 e. The largest absolute Gasteiger partial charge is 0.506 e. The van der Waals surface area contributed by atoms with Crippen LogP contribution in [0.25, 0.3) is 0 Å². The van der Waals surface area contributed by atoms with Crippen LogP contribution in [-0.2, 0) is 0 Å². The molecule has 86 valence electrons. The van der Waals surface area contributed by atoms with Gasteiger partial charge >= 0.3 is 0 Å². The molecule has 0 saturated carbocycles. The molecule has 1 amide bonds. The molecule has 2 heterocycles. The lowest BCUT2D eigenvalue weighted by Crippen LogP contribution is -2.13. The van der Waals surface area contributed by atoms with E-state index in [1.165, 1.54) is 18.5 Å². The van der Waals surface area contributed by atoms with Crippen molar-refractivity contribution in [3.8, 4) is 5.75 Å². The lowest BCUT2D eigenvalue weighted by atomic mass is 10.2. The summed E-state index contributed by atoms with van der Waals surface area (Å²) in [5, 5.41) is 11.8. The van der Waals surface area contributed by atoms with Crippen molar-refractivity contribution in [3.05, 3.63) is 46.8 Å². The molecule has 0 bridgehead atoms. The fourth-order valence-electron chi connectivity index (χ4n) is 1.21. The number of hydrogen-bond donors (Lipinski definition) is 2. The Morgan fingerprint density at radius 1 is 1.41 bits per heavy atom. The molecule has 2 aromatic rings. The normalized spacial score (nSPS) is 9.94. The van der Waals surface area contributed by atoms with Crippen molar-refractivity contribution in [3.63, 3.8) is 0 Å². The van der Waals surface area contributed by atoms with Gasteiger partial charge in [0.25, 0.3) is 5.91 Å². The lowest BCUT2D eigenvalue weighted by Gasteiger charge is -2.05. The van der Waals surface area contributed by atoms with Gasteiger partial charge < -0.3 is 10.4 Å². The maximum atomic E-state index is 11.8. The van der Waals surface area contributed by atoms with E-state index in [0.717, 1.165) is 0 Å². The second kappa shape index (κ2) is 4.92. The van der Waals surface area contributed by atoms with Crippen molar-refractivity contribution in [2.45, 2.75) is 0 Å². The van der Waals surface area contributed by atoms with Crippen molar-refractivity contribution in [1.82, 2.24) is 9.97 Å². The first-order valence-corrected chi connectivity index (χ1v) is 5.52. The van der Waals surface area contributed by atoms with E-state index >= 15 is 0 Å². The summed E-state index contributed by atoms with van der Waals surface area (Å²) in [6.45, 7) is 0. The highest BCUT2D eigenvalue weighted by Crippen LogP contribution is 2.19. The van der Waals surface area contributed by atoms with Gasteiger partial charge in [0, 0.05) is 12.4 Å². The average molecular weight is 294 g/mol. The molecule has 0 aromatic carbocycles. The van der Waals surface area contributed by atoms with Crippen LogP contribution in [0.4, 0.5) is 5.82 Å². The van der Waals surface area contributed by atoms with E-state index in [0.29, 0.717) is 10.3 Å². The molecule has 0 aliphatic carbocycles. The first-order chi connectivity index (χ1) is 8.16. The zero-order chi connectivity index (χ0) is 12.3. The van der Waals surface area contributed by atoms with E-state index in [-0.39, 0.29) is 17.2 Å². The molecule has 0 spiro atoms. The van der Waals surface area contributed by atoms with Crippen LogP contribution in [0.2, 0.25) is 0 Å². The van der Waals surface area contributed by atoms with Gasteiger partial charge in [-0.1, -0.05) is 0 Å². The van der Waals surface area contributed by atoms with Gasteiger partial charge in [0.1, 0.15) is 11.6 Å². The van der Waals surface area contributed by atoms with Crippen LogP contribution in [0.3, 0.4) is 0 Å². The number of nitrogens with one attached hydrogen (secondary N) is 1. The van der Waals surface area contributed by atoms with Crippen LogP contribution in [0.15, 0.2) is 41.3 Å². The third-order valence-corrected chi connectivity index (χ3v) is 2.62. The van der Waals surface area contributed by atoms with Gasteiger partial charge in [-0.05, 0) is 34.1 Å². The summed E-state index contributed by atoms with van der Waals surface area (Å²) in [5.74, 6) is -0.0219. The fraction of sp³-hybridized carbons (Fsp3) is 0. The van der Waals surface area contributed by atoms with E-state index in [2.05, 4.69) is 31.2 Å². The number of anilines is 1. The van der Waals surface area contributed by atoms with Gasteiger partial charge in [-0.25, -0.2) is 4.98 Å². The topological polar surface area (TPSA) is 75.1 Å². The smallest absolute Gasteiger partial charge is 0.258 e. The molecule has 0 saturated heterocycles. The third-order valence-electron chi connectivity index (χ3n) is 1.98. The number of amides is 1. The van der Waals surface area contributed by atoms with Crippen molar-refractivity contribution in [1.29, 1.82) is 0 Å². The van der Waals surface area contributed by atoms with Crippen molar-refractivity contribution < 1.29 is 9.90 Å². The average Bonchev–Trinajstić information content (AvgIpc) is 2.32. The number of rotatable bonds is 2. The highest BCUT2D eigenvalue weighted by atomic mass is 79.9. The van der Waals surface area contributed by atoms with Gasteiger partial charge in [-0.15, -0.1) is 0 Å². The molecule has 0 radical (unpaired) electrons. The van der Waals surface area contributed by atoms with Crippen molar-refractivity contribution in [2.24, 2.45) is 0 Å². The molecule has 0 aliphatic rings. The molecule has 6 heteroatoms. The maximum Gasteiger partial charge on any atom is 0.258 e. The number of aromatic nitrogens is 2. The zero-order valence-electron chi connectivity index (χ0n) is 8.59.